The van der Waals surface area contributed by atoms with Crippen LogP contribution >= 0.6 is 0 Å². The second-order valence-electron chi connectivity index (χ2n) is 2.89. The lowest BCUT2D eigenvalue weighted by Crippen LogP contribution is -2.07. The van der Waals surface area contributed by atoms with Gasteiger partial charge in [-0.25, -0.2) is 4.79 Å². The molecule has 3 heteroatoms. The lowest BCUT2D eigenvalue weighted by Gasteiger charge is -2.01. The Balaban J connectivity index is 2.99. The Bertz CT molecular complexity index is 146. The third-order valence-corrected chi connectivity index (χ3v) is 1.73. The minimum Gasteiger partial charge on any atom is -0.463 e. The summed E-state index contributed by atoms with van der Waals surface area (Å²) >= 11 is 0. The van der Waals surface area contributed by atoms with Gasteiger partial charge in [0.25, 0.3) is 0 Å². The van der Waals surface area contributed by atoms with E-state index in [0.29, 0.717) is 6.61 Å². The molecule has 0 heterocycles. The van der Waals surface area contributed by atoms with Gasteiger partial charge in [0.05, 0.1) is 6.61 Å². The number of carbonyl (C=O) groups is 1. The summed E-state index contributed by atoms with van der Waals surface area (Å²) in [5, 5.41) is 3.09. The molecule has 0 fully saturated rings. The second kappa shape index (κ2) is 9.26. The average Bonchev–Trinajstić information content (AvgIpc) is 2.16. The highest BCUT2D eigenvalue weighted by molar-refractivity contribution is 5.81. The summed E-state index contributed by atoms with van der Waals surface area (Å²) in [5.41, 5.74) is 0. The molecule has 0 spiro atoms. The third kappa shape index (κ3) is 9.08. The summed E-state index contributed by atoms with van der Waals surface area (Å²) in [7, 11) is 1.95. The van der Waals surface area contributed by atoms with Gasteiger partial charge in [-0.1, -0.05) is 19.4 Å². The standard InChI is InChI=1S/C10H19NO2/c1-3-10(12)13-9-7-5-4-6-8-11-2/h3,11H,1,4-9H2,2H3. The van der Waals surface area contributed by atoms with Crippen LogP contribution in [0.1, 0.15) is 25.7 Å². The highest BCUT2D eigenvalue weighted by Crippen LogP contribution is 1.99. The van der Waals surface area contributed by atoms with Crippen LogP contribution in [0.5, 0.6) is 0 Å². The summed E-state index contributed by atoms with van der Waals surface area (Å²) in [6, 6.07) is 0. The quantitative estimate of drug-likeness (QED) is 0.354. The van der Waals surface area contributed by atoms with Crippen LogP contribution in [0.2, 0.25) is 0 Å². The molecule has 0 saturated carbocycles. The average molecular weight is 185 g/mol. The second-order valence-corrected chi connectivity index (χ2v) is 2.89. The van der Waals surface area contributed by atoms with Gasteiger partial charge >= 0.3 is 5.97 Å². The van der Waals surface area contributed by atoms with Gasteiger partial charge in [-0.15, -0.1) is 0 Å². The topological polar surface area (TPSA) is 38.3 Å². The number of rotatable bonds is 8. The maximum Gasteiger partial charge on any atom is 0.330 e. The Morgan fingerprint density at radius 1 is 1.38 bits per heavy atom. The van der Waals surface area contributed by atoms with Crippen LogP contribution in [0, 0.1) is 0 Å². The van der Waals surface area contributed by atoms with Crippen molar-refractivity contribution in [2.24, 2.45) is 0 Å². The summed E-state index contributed by atoms with van der Waals surface area (Å²) in [4.78, 5) is 10.6. The lowest BCUT2D eigenvalue weighted by molar-refractivity contribution is -0.137. The largest absolute Gasteiger partial charge is 0.463 e. The van der Waals surface area contributed by atoms with Gasteiger partial charge in [-0.3, -0.25) is 0 Å². The van der Waals surface area contributed by atoms with Crippen molar-refractivity contribution < 1.29 is 9.53 Å². The fraction of sp³-hybridized carbons (Fsp3) is 0.700. The first-order chi connectivity index (χ1) is 6.31. The fourth-order valence-corrected chi connectivity index (χ4v) is 0.989. The van der Waals surface area contributed by atoms with Crippen LogP contribution < -0.4 is 5.32 Å². The Morgan fingerprint density at radius 3 is 2.69 bits per heavy atom. The Morgan fingerprint density at radius 2 is 2.08 bits per heavy atom. The summed E-state index contributed by atoms with van der Waals surface area (Å²) in [6.45, 7) is 4.90. The molecule has 1 N–H and O–H groups in total. The van der Waals surface area contributed by atoms with E-state index >= 15 is 0 Å². The molecule has 3 nitrogen and oxygen atoms in total. The first kappa shape index (κ1) is 12.2. The molecule has 0 radical (unpaired) electrons. The van der Waals surface area contributed by atoms with E-state index in [2.05, 4.69) is 11.9 Å². The molecule has 0 aliphatic carbocycles. The normalized spacial score (nSPS) is 9.62. The van der Waals surface area contributed by atoms with E-state index in [0.717, 1.165) is 19.4 Å². The van der Waals surface area contributed by atoms with E-state index in [1.165, 1.54) is 18.9 Å². The van der Waals surface area contributed by atoms with Crippen LogP contribution in [0.3, 0.4) is 0 Å². The molecular weight excluding hydrogens is 166 g/mol. The molecule has 0 aliphatic heterocycles. The maximum atomic E-state index is 10.6. The summed E-state index contributed by atoms with van der Waals surface area (Å²) in [5.74, 6) is -0.324. The summed E-state index contributed by atoms with van der Waals surface area (Å²) < 4.78 is 4.83. The van der Waals surface area contributed by atoms with E-state index in [4.69, 9.17) is 4.74 Å². The first-order valence-electron chi connectivity index (χ1n) is 4.75. The highest BCUT2D eigenvalue weighted by Gasteiger charge is 1.94. The molecule has 0 amide bonds. The minimum absolute atomic E-state index is 0.324. The smallest absolute Gasteiger partial charge is 0.330 e. The molecule has 0 aromatic carbocycles. The molecule has 0 aromatic rings. The minimum atomic E-state index is -0.324. The predicted octanol–water partition coefficient (Wildman–Crippen LogP) is 1.50. The molecule has 0 unspecified atom stereocenters. The lowest BCUT2D eigenvalue weighted by atomic mass is 10.2. The van der Waals surface area contributed by atoms with Gasteiger partial charge in [0, 0.05) is 6.08 Å². The molecule has 76 valence electrons. The Kier molecular flexibility index (Phi) is 8.67. The Labute approximate surface area is 80.2 Å². The zero-order valence-corrected chi connectivity index (χ0v) is 8.34. The molecule has 0 saturated heterocycles. The van der Waals surface area contributed by atoms with Gasteiger partial charge in [0.15, 0.2) is 0 Å². The number of nitrogens with one attached hydrogen (secondary N) is 1. The molecular formula is C10H19NO2. The SMILES string of the molecule is C=CC(=O)OCCCCCCNC. The van der Waals surface area contributed by atoms with Crippen molar-refractivity contribution in [1.29, 1.82) is 0 Å². The number of esters is 1. The van der Waals surface area contributed by atoms with Gasteiger partial charge < -0.3 is 10.1 Å². The molecule has 0 aromatic heterocycles. The van der Waals surface area contributed by atoms with Crippen molar-refractivity contribution in [3.8, 4) is 0 Å². The van der Waals surface area contributed by atoms with E-state index in [1.807, 2.05) is 7.05 Å². The van der Waals surface area contributed by atoms with Crippen LogP contribution in [0.25, 0.3) is 0 Å². The van der Waals surface area contributed by atoms with Crippen LogP contribution in [-0.2, 0) is 9.53 Å². The molecule has 13 heavy (non-hydrogen) atoms. The zero-order chi connectivity index (χ0) is 9.94. The van der Waals surface area contributed by atoms with E-state index in [1.54, 1.807) is 0 Å². The van der Waals surface area contributed by atoms with Gasteiger partial charge in [0.1, 0.15) is 0 Å². The van der Waals surface area contributed by atoms with Crippen LogP contribution in [0.15, 0.2) is 12.7 Å². The fourth-order valence-electron chi connectivity index (χ4n) is 0.989. The zero-order valence-electron chi connectivity index (χ0n) is 8.34. The number of hydrogen-bond acceptors (Lipinski definition) is 3. The van der Waals surface area contributed by atoms with Crippen molar-refractivity contribution in [2.45, 2.75) is 25.7 Å². The van der Waals surface area contributed by atoms with Crippen molar-refractivity contribution >= 4 is 5.97 Å². The number of ether oxygens (including phenoxy) is 1. The maximum absolute atomic E-state index is 10.6. The Hall–Kier alpha value is -0.830. The molecule has 0 atom stereocenters. The van der Waals surface area contributed by atoms with E-state index in [-0.39, 0.29) is 5.97 Å². The molecule has 0 aliphatic rings. The van der Waals surface area contributed by atoms with E-state index < -0.39 is 0 Å². The van der Waals surface area contributed by atoms with E-state index in [9.17, 15) is 4.79 Å². The van der Waals surface area contributed by atoms with Crippen molar-refractivity contribution in [3.63, 3.8) is 0 Å². The van der Waals surface area contributed by atoms with Crippen molar-refractivity contribution in [1.82, 2.24) is 5.32 Å². The van der Waals surface area contributed by atoms with Gasteiger partial charge in [-0.2, -0.15) is 0 Å². The number of unbranched alkanes of at least 4 members (excludes halogenated alkanes) is 3. The predicted molar refractivity (Wildman–Crippen MR) is 53.6 cm³/mol. The van der Waals surface area contributed by atoms with Gasteiger partial charge in [0.2, 0.25) is 0 Å². The van der Waals surface area contributed by atoms with Crippen LogP contribution in [-0.4, -0.2) is 26.2 Å². The highest BCUT2D eigenvalue weighted by atomic mass is 16.5. The molecule has 0 rings (SSSR count). The van der Waals surface area contributed by atoms with Crippen molar-refractivity contribution in [2.75, 3.05) is 20.2 Å². The monoisotopic (exact) mass is 185 g/mol. The number of hydrogen-bond donors (Lipinski definition) is 1. The van der Waals surface area contributed by atoms with Crippen molar-refractivity contribution in [3.05, 3.63) is 12.7 Å². The first-order valence-corrected chi connectivity index (χ1v) is 4.75. The number of carbonyl (C=O) groups excluding carboxylic acids is 1. The molecule has 0 bridgehead atoms. The van der Waals surface area contributed by atoms with Crippen LogP contribution in [0.4, 0.5) is 0 Å². The summed E-state index contributed by atoms with van der Waals surface area (Å²) in [6.07, 6.45) is 5.63. The van der Waals surface area contributed by atoms with Gasteiger partial charge in [-0.05, 0) is 26.4 Å². The third-order valence-electron chi connectivity index (χ3n) is 1.73.